The first-order valence-electron chi connectivity index (χ1n) is 17.6. The number of hydrogen-bond donors (Lipinski definition) is 3. The van der Waals surface area contributed by atoms with Gasteiger partial charge in [-0.3, -0.25) is 14.4 Å². The lowest BCUT2D eigenvalue weighted by Crippen LogP contribution is -2.30. The normalized spacial score (nSPS) is 14.7. The highest BCUT2D eigenvalue weighted by molar-refractivity contribution is 8.00. The molecule has 4 aromatic carbocycles. The van der Waals surface area contributed by atoms with Crippen LogP contribution in [0.15, 0.2) is 120 Å². The van der Waals surface area contributed by atoms with Gasteiger partial charge < -0.3 is 16.0 Å². The molecule has 6 rings (SSSR count). The minimum Gasteiger partial charge on any atom is -0.321 e. The van der Waals surface area contributed by atoms with Crippen LogP contribution in [0.2, 0.25) is 0 Å². The van der Waals surface area contributed by atoms with Gasteiger partial charge in [0.05, 0.1) is 5.56 Å². The first kappa shape index (κ1) is 37.3. The minimum absolute atomic E-state index is 0.0862. The Balaban J connectivity index is 1.23. The van der Waals surface area contributed by atoms with Crippen molar-refractivity contribution in [2.24, 2.45) is 11.3 Å². The van der Waals surface area contributed by atoms with E-state index >= 15 is 0 Å². The lowest BCUT2D eigenvalue weighted by molar-refractivity contribution is -0.116. The van der Waals surface area contributed by atoms with Gasteiger partial charge >= 0.3 is 0 Å². The molecule has 53 heavy (non-hydrogen) atoms. The van der Waals surface area contributed by atoms with Crippen LogP contribution in [0, 0.1) is 29.6 Å². The average molecular weight is 739 g/mol. The molecule has 1 aliphatic carbocycles. The fraction of sp³-hybridized carbons (Fsp3) is 0.227. The fourth-order valence-corrected chi connectivity index (χ4v) is 8.73. The highest BCUT2D eigenvalue weighted by Crippen LogP contribution is 2.45. The zero-order chi connectivity index (χ0) is 37.5. The van der Waals surface area contributed by atoms with Crippen molar-refractivity contribution in [3.8, 4) is 6.07 Å². The molecule has 0 aliphatic heterocycles. The third-order valence-corrected chi connectivity index (χ3v) is 11.9. The van der Waals surface area contributed by atoms with Crippen LogP contribution in [-0.4, -0.2) is 17.7 Å². The highest BCUT2D eigenvalue weighted by atomic mass is 32.2. The minimum atomic E-state index is -0.641. The lowest BCUT2D eigenvalue weighted by atomic mass is 9.72. The van der Waals surface area contributed by atoms with Gasteiger partial charge in [0.1, 0.15) is 22.0 Å². The van der Waals surface area contributed by atoms with E-state index in [-0.39, 0.29) is 17.0 Å². The topological polar surface area (TPSA) is 111 Å². The number of aryl methyl sites for hydroxylation is 1. The molecule has 0 fully saturated rings. The van der Waals surface area contributed by atoms with Gasteiger partial charge in [-0.25, -0.2) is 0 Å². The molecule has 3 N–H and O–H groups in total. The Hall–Kier alpha value is -5.43. The van der Waals surface area contributed by atoms with Crippen molar-refractivity contribution in [2.75, 3.05) is 10.6 Å². The van der Waals surface area contributed by atoms with Gasteiger partial charge in [-0.2, -0.15) is 5.26 Å². The van der Waals surface area contributed by atoms with Crippen molar-refractivity contribution in [1.82, 2.24) is 5.32 Å². The smallest absolute Gasteiger partial charge is 0.272 e. The second kappa shape index (κ2) is 16.5. The van der Waals surface area contributed by atoms with Crippen LogP contribution in [0.25, 0.3) is 6.08 Å². The number of nitrogens with zero attached hydrogens (tertiary/aromatic N) is 1. The van der Waals surface area contributed by atoms with Gasteiger partial charge in [0.15, 0.2) is 0 Å². The molecule has 3 amide bonds. The summed E-state index contributed by atoms with van der Waals surface area (Å²) in [6, 6.07) is 35.6. The number of hydrogen-bond acceptors (Lipinski definition) is 6. The summed E-state index contributed by atoms with van der Waals surface area (Å²) in [5, 5.41) is 19.0. The molecule has 2 unspecified atom stereocenters. The Morgan fingerprint density at radius 2 is 1.60 bits per heavy atom. The summed E-state index contributed by atoms with van der Waals surface area (Å²) in [4.78, 5) is 42.9. The molecule has 5 aromatic rings. The van der Waals surface area contributed by atoms with E-state index in [0.717, 1.165) is 46.4 Å². The van der Waals surface area contributed by atoms with Crippen molar-refractivity contribution in [3.05, 3.63) is 153 Å². The van der Waals surface area contributed by atoms with Crippen molar-refractivity contribution < 1.29 is 14.4 Å². The average Bonchev–Trinajstić information content (AvgIpc) is 3.51. The molecular weight excluding hydrogens is 697 g/mol. The number of thiophene rings is 1. The number of carbonyl (C=O) groups excluding carboxylic acids is 3. The summed E-state index contributed by atoms with van der Waals surface area (Å²) < 4.78 is 0. The molecular formula is C44H42N4O3S2. The molecule has 0 saturated carbocycles. The number of nitriles is 1. The maximum Gasteiger partial charge on any atom is 0.272 e. The number of nitrogens with one attached hydrogen (secondary N) is 3. The van der Waals surface area contributed by atoms with E-state index in [2.05, 4.69) is 42.8 Å². The molecule has 7 nitrogen and oxygen atoms in total. The van der Waals surface area contributed by atoms with Crippen LogP contribution in [-0.2, 0) is 22.4 Å². The van der Waals surface area contributed by atoms with Crippen LogP contribution >= 0.6 is 23.1 Å². The molecule has 1 heterocycles. The zero-order valence-electron chi connectivity index (χ0n) is 30.2. The molecule has 1 aromatic heterocycles. The number of amides is 3. The van der Waals surface area contributed by atoms with Crippen molar-refractivity contribution in [3.63, 3.8) is 0 Å². The maximum absolute atomic E-state index is 14.1. The monoisotopic (exact) mass is 738 g/mol. The van der Waals surface area contributed by atoms with E-state index in [4.69, 9.17) is 0 Å². The fourth-order valence-electron chi connectivity index (χ4n) is 6.36. The highest BCUT2D eigenvalue weighted by Gasteiger charge is 2.33. The molecule has 0 spiro atoms. The number of thioether (sulfide) groups is 1. The quantitative estimate of drug-likeness (QED) is 0.0976. The first-order valence-corrected chi connectivity index (χ1v) is 19.3. The Morgan fingerprint density at radius 3 is 2.28 bits per heavy atom. The van der Waals surface area contributed by atoms with Crippen molar-refractivity contribution in [2.45, 2.75) is 57.1 Å². The Labute approximate surface area is 319 Å². The first-order chi connectivity index (χ1) is 25.5. The zero-order valence-corrected chi connectivity index (χ0v) is 31.9. The number of rotatable bonds is 10. The molecule has 9 heteroatoms. The number of fused-ring (bicyclic) bond motifs is 1. The second-order valence-corrected chi connectivity index (χ2v) is 16.6. The third-order valence-electron chi connectivity index (χ3n) is 9.44. The van der Waals surface area contributed by atoms with E-state index in [0.29, 0.717) is 27.7 Å². The SMILES string of the molecule is Cc1ccc(/C=C(/NC(=O)c2ccccc2)C(=O)Nc2cccc(SC(C(=O)Nc3sc4c(c3C#N)CCC(C(C)(C)C)C4)c3ccccc3)c2)cc1. The Morgan fingerprint density at radius 1 is 0.906 bits per heavy atom. The lowest BCUT2D eigenvalue weighted by Gasteiger charge is -2.33. The van der Waals surface area contributed by atoms with E-state index in [1.54, 1.807) is 36.4 Å². The van der Waals surface area contributed by atoms with Gasteiger partial charge in [0.25, 0.3) is 11.8 Å². The van der Waals surface area contributed by atoms with E-state index < -0.39 is 17.1 Å². The largest absolute Gasteiger partial charge is 0.321 e. The molecule has 268 valence electrons. The van der Waals surface area contributed by atoms with E-state index in [1.807, 2.05) is 85.8 Å². The van der Waals surface area contributed by atoms with E-state index in [1.165, 1.54) is 28.0 Å². The van der Waals surface area contributed by atoms with Gasteiger partial charge in [0.2, 0.25) is 5.91 Å². The Kier molecular flexibility index (Phi) is 11.6. The summed E-state index contributed by atoms with van der Waals surface area (Å²) in [5.74, 6) is -0.613. The summed E-state index contributed by atoms with van der Waals surface area (Å²) in [6.07, 6.45) is 4.40. The van der Waals surface area contributed by atoms with Gasteiger partial charge in [-0.1, -0.05) is 105 Å². The van der Waals surface area contributed by atoms with Crippen LogP contribution < -0.4 is 16.0 Å². The number of benzene rings is 4. The van der Waals surface area contributed by atoms with Gasteiger partial charge in [-0.15, -0.1) is 23.1 Å². The van der Waals surface area contributed by atoms with Gasteiger partial charge in [-0.05, 0) is 90.6 Å². The predicted octanol–water partition coefficient (Wildman–Crippen LogP) is 9.96. The van der Waals surface area contributed by atoms with Crippen LogP contribution in [0.3, 0.4) is 0 Å². The molecule has 0 bridgehead atoms. The molecule has 0 saturated heterocycles. The van der Waals surface area contributed by atoms with Gasteiger partial charge in [0, 0.05) is 21.0 Å². The van der Waals surface area contributed by atoms with Crippen molar-refractivity contribution in [1.29, 1.82) is 5.26 Å². The summed E-state index contributed by atoms with van der Waals surface area (Å²) in [6.45, 7) is 8.77. The molecule has 1 aliphatic rings. The Bertz CT molecular complexity index is 2180. The summed E-state index contributed by atoms with van der Waals surface area (Å²) in [5.41, 5.74) is 5.46. The summed E-state index contributed by atoms with van der Waals surface area (Å²) in [7, 11) is 0. The second-order valence-electron chi connectivity index (χ2n) is 14.3. The molecule has 0 radical (unpaired) electrons. The summed E-state index contributed by atoms with van der Waals surface area (Å²) >= 11 is 2.88. The predicted molar refractivity (Wildman–Crippen MR) is 216 cm³/mol. The van der Waals surface area contributed by atoms with Crippen LogP contribution in [0.1, 0.15) is 75.5 Å². The number of anilines is 2. The van der Waals surface area contributed by atoms with E-state index in [9.17, 15) is 19.6 Å². The maximum atomic E-state index is 14.1. The molecule has 2 atom stereocenters. The van der Waals surface area contributed by atoms with Crippen LogP contribution in [0.4, 0.5) is 10.7 Å². The number of carbonyl (C=O) groups is 3. The standard InChI is InChI=1S/C44H42N4O3S2/c1-28-18-20-29(21-19-28)24-37(47-40(49)31-14-9-6-10-15-31)41(50)46-33-16-11-17-34(26-33)52-39(30-12-7-5-8-13-30)42(51)48-43-36(27-45)35-23-22-32(44(2,3)4)25-38(35)53-43/h5-21,24,26,32,39H,22-23,25H2,1-4H3,(H,46,50)(H,47,49)(H,48,51)/b37-24+. The van der Waals surface area contributed by atoms with Crippen LogP contribution in [0.5, 0.6) is 0 Å². The third kappa shape index (κ3) is 9.33. The van der Waals surface area contributed by atoms with Crippen molar-refractivity contribution >= 4 is 57.6 Å².